The number of amides is 1. The van der Waals surface area contributed by atoms with Gasteiger partial charge < -0.3 is 15.4 Å². The lowest BCUT2D eigenvalue weighted by molar-refractivity contribution is 0.0530. The van der Waals surface area contributed by atoms with Crippen molar-refractivity contribution in [2.24, 2.45) is 0 Å². The molecule has 5 heteroatoms. The number of anilines is 1. The maximum absolute atomic E-state index is 11.4. The average molecular weight is 285 g/mol. The fraction of sp³-hybridized carbons (Fsp3) is 0.500. The highest BCUT2D eigenvalue weighted by Gasteiger charge is 2.15. The summed E-state index contributed by atoms with van der Waals surface area (Å²) < 4.78 is 5.13. The largest absolute Gasteiger partial charge is 0.444 e. The molecule has 0 bridgehead atoms. The van der Waals surface area contributed by atoms with Crippen molar-refractivity contribution in [3.63, 3.8) is 0 Å². The SMILES string of the molecule is Cc1cccc(Cl)c1NCCNC(=O)OC(C)(C)C. The van der Waals surface area contributed by atoms with Gasteiger partial charge in [-0.25, -0.2) is 4.79 Å². The number of hydrogen-bond donors (Lipinski definition) is 2. The Morgan fingerprint density at radius 2 is 2.00 bits per heavy atom. The smallest absolute Gasteiger partial charge is 0.407 e. The lowest BCUT2D eigenvalue weighted by atomic mass is 10.2. The molecule has 4 nitrogen and oxygen atoms in total. The number of carbonyl (C=O) groups excluding carboxylic acids is 1. The minimum atomic E-state index is -0.475. The molecule has 106 valence electrons. The molecule has 0 saturated heterocycles. The summed E-state index contributed by atoms with van der Waals surface area (Å²) in [5, 5.41) is 6.56. The molecule has 0 aromatic heterocycles. The summed E-state index contributed by atoms with van der Waals surface area (Å²) in [6, 6.07) is 5.72. The first-order valence-corrected chi connectivity index (χ1v) is 6.63. The van der Waals surface area contributed by atoms with Crippen molar-refractivity contribution in [2.45, 2.75) is 33.3 Å². The van der Waals surface area contributed by atoms with Crippen LogP contribution in [0.25, 0.3) is 0 Å². The van der Waals surface area contributed by atoms with Crippen molar-refractivity contribution in [1.82, 2.24) is 5.32 Å². The molecule has 1 amide bonds. The molecular formula is C14H21ClN2O2. The van der Waals surface area contributed by atoms with Crippen molar-refractivity contribution < 1.29 is 9.53 Å². The molecule has 1 aromatic rings. The summed E-state index contributed by atoms with van der Waals surface area (Å²) in [5.41, 5.74) is 1.50. The van der Waals surface area contributed by atoms with E-state index in [1.54, 1.807) is 0 Å². The van der Waals surface area contributed by atoms with E-state index in [0.29, 0.717) is 18.1 Å². The van der Waals surface area contributed by atoms with Gasteiger partial charge in [-0.1, -0.05) is 23.7 Å². The quantitative estimate of drug-likeness (QED) is 0.831. The summed E-state index contributed by atoms with van der Waals surface area (Å²) in [4.78, 5) is 11.4. The molecular weight excluding hydrogens is 264 g/mol. The van der Waals surface area contributed by atoms with E-state index in [9.17, 15) is 4.79 Å². The van der Waals surface area contributed by atoms with Crippen LogP contribution in [0.4, 0.5) is 10.5 Å². The van der Waals surface area contributed by atoms with E-state index >= 15 is 0 Å². The number of carbonyl (C=O) groups is 1. The zero-order valence-electron chi connectivity index (χ0n) is 11.8. The first kappa shape index (κ1) is 15.6. The number of nitrogens with one attached hydrogen (secondary N) is 2. The summed E-state index contributed by atoms with van der Waals surface area (Å²) >= 11 is 6.08. The second kappa shape index (κ2) is 6.66. The molecule has 1 aromatic carbocycles. The summed E-state index contributed by atoms with van der Waals surface area (Å²) in [6.07, 6.45) is -0.412. The van der Waals surface area contributed by atoms with Gasteiger partial charge in [0.05, 0.1) is 10.7 Å². The molecule has 0 aliphatic carbocycles. The van der Waals surface area contributed by atoms with Crippen LogP contribution in [0.5, 0.6) is 0 Å². The van der Waals surface area contributed by atoms with Gasteiger partial charge in [0.25, 0.3) is 0 Å². The minimum Gasteiger partial charge on any atom is -0.444 e. The molecule has 0 saturated carbocycles. The van der Waals surface area contributed by atoms with Gasteiger partial charge in [0.2, 0.25) is 0 Å². The summed E-state index contributed by atoms with van der Waals surface area (Å²) in [5.74, 6) is 0. The third-order valence-electron chi connectivity index (χ3n) is 2.32. The summed E-state index contributed by atoms with van der Waals surface area (Å²) in [7, 11) is 0. The third kappa shape index (κ3) is 5.83. The standard InChI is InChI=1S/C14H21ClN2O2/c1-10-6-5-7-11(15)12(10)16-8-9-17-13(18)19-14(2,3)4/h5-7,16H,8-9H2,1-4H3,(H,17,18). The average Bonchev–Trinajstić information content (AvgIpc) is 2.25. The predicted octanol–water partition coefficient (Wildman–Crippen LogP) is 3.59. The molecule has 19 heavy (non-hydrogen) atoms. The minimum absolute atomic E-state index is 0.412. The van der Waals surface area contributed by atoms with Crippen LogP contribution in [-0.2, 0) is 4.74 Å². The molecule has 0 aliphatic heterocycles. The van der Waals surface area contributed by atoms with Crippen LogP contribution < -0.4 is 10.6 Å². The van der Waals surface area contributed by atoms with Gasteiger partial charge >= 0.3 is 6.09 Å². The molecule has 0 radical (unpaired) electrons. The number of ether oxygens (including phenoxy) is 1. The number of aryl methyl sites for hydroxylation is 1. The van der Waals surface area contributed by atoms with E-state index in [-0.39, 0.29) is 0 Å². The Kier molecular flexibility index (Phi) is 5.48. The van der Waals surface area contributed by atoms with Crippen LogP contribution in [0.3, 0.4) is 0 Å². The van der Waals surface area contributed by atoms with Crippen LogP contribution in [0.1, 0.15) is 26.3 Å². The van der Waals surface area contributed by atoms with Crippen molar-refractivity contribution in [1.29, 1.82) is 0 Å². The molecule has 2 N–H and O–H groups in total. The second-order valence-electron chi connectivity index (χ2n) is 5.29. The van der Waals surface area contributed by atoms with Crippen molar-refractivity contribution in [2.75, 3.05) is 18.4 Å². The van der Waals surface area contributed by atoms with Gasteiger partial charge in [-0.3, -0.25) is 0 Å². The Morgan fingerprint density at radius 1 is 1.32 bits per heavy atom. The lowest BCUT2D eigenvalue weighted by Crippen LogP contribution is -2.35. The van der Waals surface area contributed by atoms with Gasteiger partial charge in [-0.15, -0.1) is 0 Å². The van der Waals surface area contributed by atoms with E-state index in [2.05, 4.69) is 10.6 Å². The van der Waals surface area contributed by atoms with Gasteiger partial charge in [0, 0.05) is 13.1 Å². The Balaban J connectivity index is 2.34. The number of benzene rings is 1. The first-order valence-electron chi connectivity index (χ1n) is 6.25. The zero-order chi connectivity index (χ0) is 14.5. The van der Waals surface area contributed by atoms with E-state index in [0.717, 1.165) is 11.3 Å². The zero-order valence-corrected chi connectivity index (χ0v) is 12.6. The molecule has 0 spiro atoms. The molecule has 0 aliphatic rings. The summed E-state index contributed by atoms with van der Waals surface area (Å²) in [6.45, 7) is 8.53. The molecule has 1 rings (SSSR count). The van der Waals surface area contributed by atoms with Gasteiger partial charge in [-0.2, -0.15) is 0 Å². The van der Waals surface area contributed by atoms with Crippen molar-refractivity contribution >= 4 is 23.4 Å². The third-order valence-corrected chi connectivity index (χ3v) is 2.63. The van der Waals surface area contributed by atoms with Crippen LogP contribution in [-0.4, -0.2) is 24.8 Å². The number of hydrogen-bond acceptors (Lipinski definition) is 3. The first-order chi connectivity index (χ1) is 8.79. The number of alkyl carbamates (subject to hydrolysis) is 1. The molecule has 0 fully saturated rings. The fourth-order valence-electron chi connectivity index (χ4n) is 1.52. The maximum Gasteiger partial charge on any atom is 0.407 e. The normalized spacial score (nSPS) is 11.0. The number of para-hydroxylation sites is 1. The van der Waals surface area contributed by atoms with E-state index in [1.807, 2.05) is 45.9 Å². The molecule has 0 atom stereocenters. The Hall–Kier alpha value is -1.42. The molecule has 0 heterocycles. The van der Waals surface area contributed by atoms with Gasteiger partial charge in [0.15, 0.2) is 0 Å². The fourth-order valence-corrected chi connectivity index (χ4v) is 1.81. The Labute approximate surface area is 119 Å². The highest BCUT2D eigenvalue weighted by atomic mass is 35.5. The lowest BCUT2D eigenvalue weighted by Gasteiger charge is -2.20. The second-order valence-corrected chi connectivity index (χ2v) is 5.69. The number of rotatable bonds is 4. The highest BCUT2D eigenvalue weighted by molar-refractivity contribution is 6.33. The van der Waals surface area contributed by atoms with Crippen LogP contribution >= 0.6 is 11.6 Å². The Bertz CT molecular complexity index is 421. The van der Waals surface area contributed by atoms with Crippen molar-refractivity contribution in [3.05, 3.63) is 28.8 Å². The van der Waals surface area contributed by atoms with Crippen LogP contribution in [0.15, 0.2) is 18.2 Å². The van der Waals surface area contributed by atoms with Gasteiger partial charge in [0.1, 0.15) is 5.60 Å². The monoisotopic (exact) mass is 284 g/mol. The van der Waals surface area contributed by atoms with E-state index < -0.39 is 11.7 Å². The highest BCUT2D eigenvalue weighted by Crippen LogP contribution is 2.24. The van der Waals surface area contributed by atoms with Gasteiger partial charge in [-0.05, 0) is 39.3 Å². The van der Waals surface area contributed by atoms with Crippen LogP contribution in [0, 0.1) is 6.92 Å². The van der Waals surface area contributed by atoms with E-state index in [1.165, 1.54) is 0 Å². The number of halogens is 1. The predicted molar refractivity (Wildman–Crippen MR) is 78.9 cm³/mol. The van der Waals surface area contributed by atoms with Crippen molar-refractivity contribution in [3.8, 4) is 0 Å². The maximum atomic E-state index is 11.4. The van der Waals surface area contributed by atoms with E-state index in [4.69, 9.17) is 16.3 Å². The topological polar surface area (TPSA) is 50.4 Å². The van der Waals surface area contributed by atoms with Crippen LogP contribution in [0.2, 0.25) is 5.02 Å². The Morgan fingerprint density at radius 3 is 2.58 bits per heavy atom. The molecule has 0 unspecified atom stereocenters.